The van der Waals surface area contributed by atoms with Crippen molar-refractivity contribution in [3.05, 3.63) is 64.7 Å². The summed E-state index contributed by atoms with van der Waals surface area (Å²) in [5.41, 5.74) is 9.08. The number of nitrogens with two attached hydrogens (primary N) is 1. The molecule has 1 heterocycles. The molecule has 0 aromatic heterocycles. The third-order valence-electron chi connectivity index (χ3n) is 6.03. The zero-order chi connectivity index (χ0) is 27.0. The van der Waals surface area contributed by atoms with Crippen molar-refractivity contribution in [3.8, 4) is 11.8 Å². The maximum Gasteiger partial charge on any atom is 0.410 e. The summed E-state index contributed by atoms with van der Waals surface area (Å²) in [6.45, 7) is 6.95. The molecule has 0 saturated carbocycles. The molecular formula is C29H37N3O5. The molecule has 0 bridgehead atoms. The number of aliphatic hydroxyl groups is 1. The molecule has 1 aliphatic rings. The van der Waals surface area contributed by atoms with Gasteiger partial charge in [0, 0.05) is 45.1 Å². The Hall–Kier alpha value is -3.54. The average Bonchev–Trinajstić information content (AvgIpc) is 2.85. The second kappa shape index (κ2) is 12.6. The van der Waals surface area contributed by atoms with Gasteiger partial charge in [0.25, 0.3) is 0 Å². The molecule has 1 aliphatic heterocycles. The standard InChI is InChI=1S/C29H37N3O5/c1-29(2,3)37-28(34)32-12-10-24(11-13-32)36-25-8-9-26(31)22(16-25)17-27(33)23(19-35-4)15-20-6-5-7-21(14-20)18-30/h5-9,14-16,24,27,33H,10-13,17,19,31H2,1-4H3/b23-15+. The summed E-state index contributed by atoms with van der Waals surface area (Å²) in [4.78, 5) is 14.0. The summed E-state index contributed by atoms with van der Waals surface area (Å²) in [5, 5.41) is 20.2. The number of methoxy groups -OCH3 is 1. The summed E-state index contributed by atoms with van der Waals surface area (Å²) in [6, 6.07) is 14.8. The highest BCUT2D eigenvalue weighted by molar-refractivity contribution is 5.68. The van der Waals surface area contributed by atoms with Crippen LogP contribution in [0.4, 0.5) is 10.5 Å². The molecule has 1 fully saturated rings. The van der Waals surface area contributed by atoms with Gasteiger partial charge in [-0.15, -0.1) is 0 Å². The van der Waals surface area contributed by atoms with Crippen molar-refractivity contribution in [2.24, 2.45) is 0 Å². The molecule has 1 atom stereocenters. The van der Waals surface area contributed by atoms with Crippen LogP contribution in [0.1, 0.15) is 50.3 Å². The van der Waals surface area contributed by atoms with Crippen molar-refractivity contribution in [2.45, 2.75) is 57.8 Å². The number of anilines is 1. The fourth-order valence-electron chi connectivity index (χ4n) is 4.16. The first kappa shape index (κ1) is 28.0. The second-order valence-electron chi connectivity index (χ2n) is 10.3. The van der Waals surface area contributed by atoms with E-state index in [4.69, 9.17) is 25.2 Å². The Kier molecular flexibility index (Phi) is 9.56. The van der Waals surface area contributed by atoms with Gasteiger partial charge in [-0.25, -0.2) is 4.79 Å². The van der Waals surface area contributed by atoms with Gasteiger partial charge in [0.2, 0.25) is 0 Å². The van der Waals surface area contributed by atoms with Gasteiger partial charge < -0.3 is 30.0 Å². The number of nitrogen functional groups attached to an aromatic ring is 1. The number of hydrogen-bond donors (Lipinski definition) is 2. The van der Waals surface area contributed by atoms with Crippen LogP contribution in [0.25, 0.3) is 6.08 Å². The molecule has 1 saturated heterocycles. The van der Waals surface area contributed by atoms with Gasteiger partial charge in [-0.2, -0.15) is 5.26 Å². The topological polar surface area (TPSA) is 118 Å². The van der Waals surface area contributed by atoms with Crippen LogP contribution in [0, 0.1) is 11.3 Å². The maximum atomic E-state index is 12.3. The zero-order valence-corrected chi connectivity index (χ0v) is 22.1. The highest BCUT2D eigenvalue weighted by Gasteiger charge is 2.27. The predicted molar refractivity (Wildman–Crippen MR) is 143 cm³/mol. The molecule has 3 rings (SSSR count). The first-order chi connectivity index (χ1) is 17.6. The van der Waals surface area contributed by atoms with E-state index in [9.17, 15) is 9.90 Å². The number of hydrogen-bond acceptors (Lipinski definition) is 7. The lowest BCUT2D eigenvalue weighted by Gasteiger charge is -2.33. The van der Waals surface area contributed by atoms with Crippen LogP contribution >= 0.6 is 0 Å². The van der Waals surface area contributed by atoms with E-state index < -0.39 is 11.7 Å². The largest absolute Gasteiger partial charge is 0.490 e. The molecule has 0 radical (unpaired) electrons. The molecule has 0 aliphatic carbocycles. The number of carbonyl (C=O) groups is 1. The summed E-state index contributed by atoms with van der Waals surface area (Å²) in [7, 11) is 1.57. The Balaban J connectivity index is 1.65. The number of aliphatic hydroxyl groups excluding tert-OH is 1. The fraction of sp³-hybridized carbons (Fsp3) is 0.448. The molecule has 3 N–H and O–H groups in total. The lowest BCUT2D eigenvalue weighted by molar-refractivity contribution is 0.0126. The Labute approximate surface area is 219 Å². The first-order valence-electron chi connectivity index (χ1n) is 12.5. The average molecular weight is 508 g/mol. The third-order valence-corrected chi connectivity index (χ3v) is 6.03. The zero-order valence-electron chi connectivity index (χ0n) is 22.1. The SMILES string of the molecule is COC/C(=C\c1cccc(C#N)c1)C(O)Cc1cc(OC2CCN(C(=O)OC(C)(C)C)CC2)ccc1N. The third kappa shape index (κ3) is 8.52. The number of carbonyl (C=O) groups excluding carboxylic acids is 1. The number of ether oxygens (including phenoxy) is 3. The Morgan fingerprint density at radius 3 is 2.62 bits per heavy atom. The Morgan fingerprint density at radius 1 is 1.24 bits per heavy atom. The summed E-state index contributed by atoms with van der Waals surface area (Å²) >= 11 is 0. The molecule has 1 unspecified atom stereocenters. The highest BCUT2D eigenvalue weighted by atomic mass is 16.6. The molecule has 37 heavy (non-hydrogen) atoms. The molecule has 2 aromatic carbocycles. The fourth-order valence-corrected chi connectivity index (χ4v) is 4.16. The van der Waals surface area contributed by atoms with Crippen molar-refractivity contribution in [3.63, 3.8) is 0 Å². The smallest absolute Gasteiger partial charge is 0.410 e. The first-order valence-corrected chi connectivity index (χ1v) is 12.5. The Morgan fingerprint density at radius 2 is 1.97 bits per heavy atom. The van der Waals surface area contributed by atoms with Gasteiger partial charge in [0.1, 0.15) is 17.5 Å². The van der Waals surface area contributed by atoms with Crippen LogP contribution in [-0.4, -0.2) is 60.7 Å². The molecule has 8 nitrogen and oxygen atoms in total. The van der Waals surface area contributed by atoms with Crippen LogP contribution in [0.2, 0.25) is 0 Å². The number of piperidine rings is 1. The second-order valence-corrected chi connectivity index (χ2v) is 10.3. The number of benzene rings is 2. The number of rotatable bonds is 8. The van der Waals surface area contributed by atoms with E-state index in [1.807, 2.05) is 45.0 Å². The van der Waals surface area contributed by atoms with E-state index in [2.05, 4.69) is 6.07 Å². The van der Waals surface area contributed by atoms with E-state index in [0.29, 0.717) is 48.5 Å². The molecule has 0 spiro atoms. The van der Waals surface area contributed by atoms with Crippen LogP contribution in [0.15, 0.2) is 48.0 Å². The lowest BCUT2D eigenvalue weighted by atomic mass is 9.98. The molecule has 1 amide bonds. The van der Waals surface area contributed by atoms with Crippen molar-refractivity contribution >= 4 is 17.9 Å². The van der Waals surface area contributed by atoms with E-state index in [1.54, 1.807) is 36.3 Å². The van der Waals surface area contributed by atoms with Gasteiger partial charge in [-0.05, 0) is 67.8 Å². The van der Waals surface area contributed by atoms with Gasteiger partial charge >= 0.3 is 6.09 Å². The Bertz CT molecular complexity index is 1140. The lowest BCUT2D eigenvalue weighted by Crippen LogP contribution is -2.44. The van der Waals surface area contributed by atoms with E-state index >= 15 is 0 Å². The van der Waals surface area contributed by atoms with E-state index in [-0.39, 0.29) is 25.2 Å². The molecule has 198 valence electrons. The molecule has 2 aromatic rings. The van der Waals surface area contributed by atoms with Gasteiger partial charge in [-0.3, -0.25) is 0 Å². The van der Waals surface area contributed by atoms with Crippen LogP contribution in [-0.2, 0) is 15.9 Å². The van der Waals surface area contributed by atoms with Gasteiger partial charge in [0.15, 0.2) is 0 Å². The van der Waals surface area contributed by atoms with Crippen LogP contribution < -0.4 is 10.5 Å². The minimum atomic E-state index is -0.833. The summed E-state index contributed by atoms with van der Waals surface area (Å²) in [6.07, 6.45) is 2.36. The quantitative estimate of drug-likeness (QED) is 0.503. The number of likely N-dealkylation sites (tertiary alicyclic amines) is 1. The normalized spacial score (nSPS) is 15.7. The number of nitrogens with zero attached hydrogens (tertiary/aromatic N) is 2. The highest BCUT2D eigenvalue weighted by Crippen LogP contribution is 2.26. The predicted octanol–water partition coefficient (Wildman–Crippen LogP) is 4.55. The maximum absolute atomic E-state index is 12.3. The van der Waals surface area contributed by atoms with Crippen LogP contribution in [0.5, 0.6) is 5.75 Å². The minimum Gasteiger partial charge on any atom is -0.490 e. The molecular weight excluding hydrogens is 470 g/mol. The minimum absolute atomic E-state index is 0.0311. The molecule has 8 heteroatoms. The monoisotopic (exact) mass is 507 g/mol. The van der Waals surface area contributed by atoms with Crippen molar-refractivity contribution in [2.75, 3.05) is 32.5 Å². The van der Waals surface area contributed by atoms with Crippen molar-refractivity contribution in [1.29, 1.82) is 5.26 Å². The van der Waals surface area contributed by atoms with Gasteiger partial charge in [0.05, 0.1) is 24.3 Å². The van der Waals surface area contributed by atoms with Gasteiger partial charge in [-0.1, -0.05) is 18.2 Å². The van der Waals surface area contributed by atoms with Crippen molar-refractivity contribution < 1.29 is 24.1 Å². The number of amides is 1. The van der Waals surface area contributed by atoms with Crippen molar-refractivity contribution in [1.82, 2.24) is 4.90 Å². The summed E-state index contributed by atoms with van der Waals surface area (Å²) < 4.78 is 17.0. The number of nitriles is 1. The van der Waals surface area contributed by atoms with E-state index in [1.165, 1.54) is 0 Å². The summed E-state index contributed by atoms with van der Waals surface area (Å²) in [5.74, 6) is 0.672. The van der Waals surface area contributed by atoms with Crippen LogP contribution in [0.3, 0.4) is 0 Å². The van der Waals surface area contributed by atoms with E-state index in [0.717, 1.165) is 11.1 Å².